The Balaban J connectivity index is 2.32. The normalized spacial score (nSPS) is 11.7. The molecule has 20 heavy (non-hydrogen) atoms. The Bertz CT molecular complexity index is 603. The predicted molar refractivity (Wildman–Crippen MR) is 83.5 cm³/mol. The van der Waals surface area contributed by atoms with Gasteiger partial charge in [0.05, 0.1) is 5.69 Å². The molecule has 1 aromatic heterocycles. The van der Waals surface area contributed by atoms with E-state index in [2.05, 4.69) is 55.9 Å². The van der Waals surface area contributed by atoms with Crippen LogP contribution in [0.1, 0.15) is 30.8 Å². The van der Waals surface area contributed by atoms with Crippen LogP contribution in [0.4, 0.5) is 0 Å². The highest BCUT2D eigenvalue weighted by Crippen LogP contribution is 2.22. The smallest absolute Gasteiger partial charge is 0.129 e. The second-order valence-corrected chi connectivity index (χ2v) is 6.20. The third-order valence-electron chi connectivity index (χ3n) is 3.70. The molecular weight excluding hydrogens is 246 g/mol. The quantitative estimate of drug-likeness (QED) is 0.926. The summed E-state index contributed by atoms with van der Waals surface area (Å²) < 4.78 is 0. The van der Waals surface area contributed by atoms with Crippen molar-refractivity contribution in [1.82, 2.24) is 9.97 Å². The molecular formula is C17H23N3. The van der Waals surface area contributed by atoms with E-state index in [1.54, 1.807) is 0 Å². The highest BCUT2D eigenvalue weighted by molar-refractivity contribution is 5.60. The third kappa shape index (κ3) is 3.42. The Labute approximate surface area is 121 Å². The maximum Gasteiger partial charge on any atom is 0.129 e. The van der Waals surface area contributed by atoms with Gasteiger partial charge in [0.15, 0.2) is 0 Å². The number of aromatic nitrogens is 2. The summed E-state index contributed by atoms with van der Waals surface area (Å²) in [4.78, 5) is 9.05. The molecule has 0 saturated carbocycles. The molecule has 0 bridgehead atoms. The lowest BCUT2D eigenvalue weighted by Gasteiger charge is -2.21. The molecule has 0 aliphatic heterocycles. The average Bonchev–Trinajstić information content (AvgIpc) is 2.42. The first kappa shape index (κ1) is 14.7. The first-order valence-corrected chi connectivity index (χ1v) is 7.01. The Kier molecular flexibility index (Phi) is 4.19. The van der Waals surface area contributed by atoms with Gasteiger partial charge in [-0.1, -0.05) is 26.0 Å². The van der Waals surface area contributed by atoms with Gasteiger partial charge in [-0.05, 0) is 49.1 Å². The van der Waals surface area contributed by atoms with Gasteiger partial charge in [-0.2, -0.15) is 0 Å². The minimum absolute atomic E-state index is 0.0296. The summed E-state index contributed by atoms with van der Waals surface area (Å²) in [6.45, 7) is 9.15. The van der Waals surface area contributed by atoms with Crippen LogP contribution in [0.25, 0.3) is 11.3 Å². The molecule has 0 aliphatic carbocycles. The first-order valence-electron chi connectivity index (χ1n) is 7.01. The number of aryl methyl sites for hydroxylation is 2. The first-order chi connectivity index (χ1) is 9.41. The molecule has 106 valence electrons. The van der Waals surface area contributed by atoms with Gasteiger partial charge in [0.2, 0.25) is 0 Å². The molecule has 1 aromatic carbocycles. The highest BCUT2D eigenvalue weighted by Gasteiger charge is 2.18. The summed E-state index contributed by atoms with van der Waals surface area (Å²) in [6, 6.07) is 8.39. The minimum Gasteiger partial charge on any atom is -0.330 e. The van der Waals surface area contributed by atoms with Crippen molar-refractivity contribution in [2.45, 2.75) is 34.1 Å². The molecule has 0 radical (unpaired) electrons. The molecule has 0 aliphatic rings. The van der Waals surface area contributed by atoms with Crippen molar-refractivity contribution in [3.05, 3.63) is 47.4 Å². The molecule has 0 fully saturated rings. The SMILES string of the molecule is Cc1ccc(-c2ccnc(CC(C)(C)CN)n2)cc1C. The van der Waals surface area contributed by atoms with Gasteiger partial charge < -0.3 is 5.73 Å². The standard InChI is InChI=1S/C17H23N3/c1-12-5-6-14(9-13(12)2)15-7-8-19-16(20-15)10-17(3,4)11-18/h5-9H,10-11,18H2,1-4H3. The van der Waals surface area contributed by atoms with Crippen LogP contribution in [0.2, 0.25) is 0 Å². The second kappa shape index (κ2) is 5.71. The Morgan fingerprint density at radius 1 is 1.10 bits per heavy atom. The molecule has 0 spiro atoms. The van der Waals surface area contributed by atoms with Crippen molar-refractivity contribution in [2.75, 3.05) is 6.54 Å². The molecule has 0 amide bonds. The molecule has 3 heteroatoms. The molecule has 0 saturated heterocycles. The average molecular weight is 269 g/mol. The number of rotatable bonds is 4. The molecule has 3 nitrogen and oxygen atoms in total. The largest absolute Gasteiger partial charge is 0.330 e. The zero-order valence-electron chi connectivity index (χ0n) is 12.8. The Morgan fingerprint density at radius 3 is 2.50 bits per heavy atom. The van der Waals surface area contributed by atoms with Gasteiger partial charge in [0, 0.05) is 18.2 Å². The third-order valence-corrected chi connectivity index (χ3v) is 3.70. The van der Waals surface area contributed by atoms with Crippen molar-refractivity contribution >= 4 is 0 Å². The van der Waals surface area contributed by atoms with Crippen LogP contribution < -0.4 is 5.73 Å². The summed E-state index contributed by atoms with van der Waals surface area (Å²) in [5.74, 6) is 0.858. The second-order valence-electron chi connectivity index (χ2n) is 6.20. The number of nitrogens with zero attached hydrogens (tertiary/aromatic N) is 2. The van der Waals surface area contributed by atoms with Gasteiger partial charge in [0.1, 0.15) is 5.82 Å². The number of benzene rings is 1. The topological polar surface area (TPSA) is 51.8 Å². The molecule has 0 atom stereocenters. The van der Waals surface area contributed by atoms with Crippen LogP contribution in [0.5, 0.6) is 0 Å². The summed E-state index contributed by atoms with van der Waals surface area (Å²) >= 11 is 0. The minimum atomic E-state index is 0.0296. The maximum absolute atomic E-state index is 5.78. The predicted octanol–water partition coefficient (Wildman–Crippen LogP) is 3.29. The molecule has 2 aromatic rings. The van der Waals surface area contributed by atoms with Crippen LogP contribution in [-0.2, 0) is 6.42 Å². The van der Waals surface area contributed by atoms with Gasteiger partial charge >= 0.3 is 0 Å². The van der Waals surface area contributed by atoms with Crippen molar-refractivity contribution in [2.24, 2.45) is 11.1 Å². The number of nitrogens with two attached hydrogens (primary N) is 1. The van der Waals surface area contributed by atoms with Crippen molar-refractivity contribution in [1.29, 1.82) is 0 Å². The fourth-order valence-corrected chi connectivity index (χ4v) is 2.05. The van der Waals surface area contributed by atoms with Crippen molar-refractivity contribution in [3.8, 4) is 11.3 Å². The van der Waals surface area contributed by atoms with E-state index in [1.807, 2.05) is 12.3 Å². The molecule has 2 rings (SSSR count). The van der Waals surface area contributed by atoms with E-state index in [4.69, 9.17) is 5.73 Å². The maximum atomic E-state index is 5.78. The lowest BCUT2D eigenvalue weighted by atomic mass is 9.89. The Morgan fingerprint density at radius 2 is 1.85 bits per heavy atom. The summed E-state index contributed by atoms with van der Waals surface area (Å²) in [6.07, 6.45) is 2.63. The Hall–Kier alpha value is -1.74. The van der Waals surface area contributed by atoms with Gasteiger partial charge in [-0.15, -0.1) is 0 Å². The summed E-state index contributed by atoms with van der Waals surface area (Å²) in [5.41, 5.74) is 10.5. The lowest BCUT2D eigenvalue weighted by Crippen LogP contribution is -2.26. The van der Waals surface area contributed by atoms with Crippen LogP contribution in [0.3, 0.4) is 0 Å². The van der Waals surface area contributed by atoms with Crippen molar-refractivity contribution in [3.63, 3.8) is 0 Å². The zero-order chi connectivity index (χ0) is 14.8. The van der Waals surface area contributed by atoms with E-state index in [0.29, 0.717) is 6.54 Å². The van der Waals surface area contributed by atoms with E-state index >= 15 is 0 Å². The number of hydrogen-bond acceptors (Lipinski definition) is 3. The van der Waals surface area contributed by atoms with Gasteiger partial charge in [-0.3, -0.25) is 0 Å². The van der Waals surface area contributed by atoms with Gasteiger partial charge in [-0.25, -0.2) is 9.97 Å². The van der Waals surface area contributed by atoms with Gasteiger partial charge in [0.25, 0.3) is 0 Å². The van der Waals surface area contributed by atoms with Crippen LogP contribution in [0.15, 0.2) is 30.5 Å². The van der Waals surface area contributed by atoms with Crippen LogP contribution >= 0.6 is 0 Å². The molecule has 1 heterocycles. The monoisotopic (exact) mass is 269 g/mol. The zero-order valence-corrected chi connectivity index (χ0v) is 12.8. The van der Waals surface area contributed by atoms with E-state index in [-0.39, 0.29) is 5.41 Å². The molecule has 0 unspecified atom stereocenters. The summed E-state index contributed by atoms with van der Waals surface area (Å²) in [5, 5.41) is 0. The van der Waals surface area contributed by atoms with E-state index in [0.717, 1.165) is 23.5 Å². The van der Waals surface area contributed by atoms with E-state index < -0.39 is 0 Å². The number of hydrogen-bond donors (Lipinski definition) is 1. The van der Waals surface area contributed by atoms with Crippen LogP contribution in [0, 0.1) is 19.3 Å². The fraction of sp³-hybridized carbons (Fsp3) is 0.412. The molecule has 2 N–H and O–H groups in total. The summed E-state index contributed by atoms with van der Waals surface area (Å²) in [7, 11) is 0. The fourth-order valence-electron chi connectivity index (χ4n) is 2.05. The highest BCUT2D eigenvalue weighted by atomic mass is 14.9. The van der Waals surface area contributed by atoms with E-state index in [1.165, 1.54) is 11.1 Å². The van der Waals surface area contributed by atoms with Crippen molar-refractivity contribution < 1.29 is 0 Å². The van der Waals surface area contributed by atoms with Crippen LogP contribution in [-0.4, -0.2) is 16.5 Å². The lowest BCUT2D eigenvalue weighted by molar-refractivity contribution is 0.368. The van der Waals surface area contributed by atoms with E-state index in [9.17, 15) is 0 Å².